The van der Waals surface area contributed by atoms with Gasteiger partial charge in [-0.1, -0.05) is 6.07 Å². The van der Waals surface area contributed by atoms with Gasteiger partial charge in [0.15, 0.2) is 0 Å². The summed E-state index contributed by atoms with van der Waals surface area (Å²) in [5.41, 5.74) is 5.11. The second-order valence-electron chi connectivity index (χ2n) is 3.31. The minimum atomic E-state index is 1.19. The monoisotopic (exact) mass is 161 g/mol. The first-order valence-electron chi connectivity index (χ1n) is 4.16. The van der Waals surface area contributed by atoms with Crippen molar-refractivity contribution in [2.24, 2.45) is 0 Å². The lowest BCUT2D eigenvalue weighted by Crippen LogP contribution is -2.00. The minimum absolute atomic E-state index is 1.19. The van der Waals surface area contributed by atoms with Gasteiger partial charge in [-0.25, -0.2) is 0 Å². The zero-order valence-electron chi connectivity index (χ0n) is 7.65. The molecule has 2 rings (SSSR count). The highest BCUT2D eigenvalue weighted by molar-refractivity contribution is 5.82. The molecule has 0 spiro atoms. The fourth-order valence-corrected chi connectivity index (χ4v) is 1.63. The molecule has 1 aromatic carbocycles. The molecule has 0 saturated heterocycles. The second kappa shape index (κ2) is 2.34. The lowest BCUT2D eigenvalue weighted by atomic mass is 10.0. The summed E-state index contributed by atoms with van der Waals surface area (Å²) in [7, 11) is 0. The van der Waals surface area contributed by atoms with Crippen LogP contribution in [0.1, 0.15) is 16.8 Å². The molecule has 2 nitrogen and oxygen atoms in total. The molecule has 2 heteroatoms. The molecule has 0 atom stereocenters. The smallest absolute Gasteiger partial charge is 0.171 e. The fourth-order valence-electron chi connectivity index (χ4n) is 1.63. The minimum Gasteiger partial charge on any atom is -0.171 e. The van der Waals surface area contributed by atoms with Crippen molar-refractivity contribution in [2.75, 3.05) is 0 Å². The third-order valence-corrected chi connectivity index (χ3v) is 2.50. The predicted octanol–water partition coefficient (Wildman–Crippen LogP) is 1.91. The number of fused-ring (bicyclic) bond motifs is 1. The molecule has 0 bridgehead atoms. The average Bonchev–Trinajstić information content (AvgIpc) is 2.41. The van der Waals surface area contributed by atoms with Gasteiger partial charge in [-0.3, -0.25) is 0 Å². The van der Waals surface area contributed by atoms with Crippen LogP contribution in [0, 0.1) is 20.8 Å². The van der Waals surface area contributed by atoms with Crippen LogP contribution in [0.5, 0.6) is 0 Å². The van der Waals surface area contributed by atoms with Crippen molar-refractivity contribution < 1.29 is 5.10 Å². The van der Waals surface area contributed by atoms with E-state index in [0.717, 1.165) is 0 Å². The predicted molar refractivity (Wildman–Crippen MR) is 49.1 cm³/mol. The van der Waals surface area contributed by atoms with Crippen LogP contribution < -0.4 is 5.10 Å². The number of rotatable bonds is 0. The number of aromatic nitrogens is 2. The number of benzene rings is 1. The van der Waals surface area contributed by atoms with E-state index in [4.69, 9.17) is 0 Å². The van der Waals surface area contributed by atoms with E-state index in [1.54, 1.807) is 0 Å². The van der Waals surface area contributed by atoms with Crippen LogP contribution in [-0.2, 0) is 0 Å². The summed E-state index contributed by atoms with van der Waals surface area (Å²) in [5.74, 6) is 0. The van der Waals surface area contributed by atoms with Gasteiger partial charge in [-0.2, -0.15) is 5.10 Å². The average molecular weight is 161 g/mol. The maximum absolute atomic E-state index is 3.13. The quantitative estimate of drug-likeness (QED) is 0.611. The Hall–Kier alpha value is -1.31. The summed E-state index contributed by atoms with van der Waals surface area (Å²) in [6.07, 6.45) is 0. The van der Waals surface area contributed by atoms with Gasteiger partial charge in [-0.15, -0.1) is 5.10 Å². The molecule has 0 fully saturated rings. The van der Waals surface area contributed by atoms with Gasteiger partial charge in [0.25, 0.3) is 0 Å². The van der Waals surface area contributed by atoms with E-state index in [-0.39, 0.29) is 0 Å². The number of hydrogen-bond donors (Lipinski definition) is 1. The van der Waals surface area contributed by atoms with Crippen molar-refractivity contribution in [3.05, 3.63) is 29.0 Å². The maximum atomic E-state index is 3.13. The molecule has 0 unspecified atom stereocenters. The number of nitrogens with one attached hydrogen (secondary N) is 2. The SMILES string of the molecule is Cc1ccc2[nH+][nH]c(C)c2c1C. The number of hydrogen-bond acceptors (Lipinski definition) is 0. The van der Waals surface area contributed by atoms with Gasteiger partial charge >= 0.3 is 0 Å². The first-order chi connectivity index (χ1) is 5.70. The Bertz CT molecular complexity index is 427. The zero-order valence-corrected chi connectivity index (χ0v) is 7.65. The summed E-state index contributed by atoms with van der Waals surface area (Å²) in [6.45, 7) is 6.39. The van der Waals surface area contributed by atoms with Crippen molar-refractivity contribution in [3.8, 4) is 0 Å². The molecule has 0 aliphatic heterocycles. The van der Waals surface area contributed by atoms with E-state index in [0.29, 0.717) is 0 Å². The van der Waals surface area contributed by atoms with Gasteiger partial charge in [0.05, 0.1) is 11.1 Å². The van der Waals surface area contributed by atoms with Crippen molar-refractivity contribution in [1.82, 2.24) is 5.10 Å². The second-order valence-corrected chi connectivity index (χ2v) is 3.31. The molecule has 62 valence electrons. The van der Waals surface area contributed by atoms with E-state index >= 15 is 0 Å². The van der Waals surface area contributed by atoms with Gasteiger partial charge in [-0.05, 0) is 31.9 Å². The molecule has 0 aliphatic carbocycles. The van der Waals surface area contributed by atoms with E-state index in [9.17, 15) is 0 Å². The highest BCUT2D eigenvalue weighted by Gasteiger charge is 2.09. The van der Waals surface area contributed by atoms with Gasteiger partial charge in [0, 0.05) is 6.07 Å². The van der Waals surface area contributed by atoms with E-state index < -0.39 is 0 Å². The summed E-state index contributed by atoms with van der Waals surface area (Å²) >= 11 is 0. The Balaban J connectivity index is 2.96. The number of aromatic amines is 2. The Labute approximate surface area is 71.6 Å². The fraction of sp³-hybridized carbons (Fsp3) is 0.300. The van der Waals surface area contributed by atoms with Crippen molar-refractivity contribution in [2.45, 2.75) is 20.8 Å². The third kappa shape index (κ3) is 0.843. The van der Waals surface area contributed by atoms with Crippen molar-refractivity contribution in [1.29, 1.82) is 0 Å². The summed E-state index contributed by atoms with van der Waals surface area (Å²) in [5, 5.41) is 7.58. The molecule has 0 amide bonds. The van der Waals surface area contributed by atoms with Crippen LogP contribution in [0.2, 0.25) is 0 Å². The molecule has 0 radical (unpaired) electrons. The van der Waals surface area contributed by atoms with Crippen LogP contribution in [0.3, 0.4) is 0 Å². The molecule has 12 heavy (non-hydrogen) atoms. The van der Waals surface area contributed by atoms with E-state index in [1.807, 2.05) is 0 Å². The molecule has 0 aliphatic rings. The highest BCUT2D eigenvalue weighted by Crippen LogP contribution is 2.20. The van der Waals surface area contributed by atoms with Crippen LogP contribution in [0.25, 0.3) is 10.9 Å². The van der Waals surface area contributed by atoms with Crippen LogP contribution in [0.15, 0.2) is 12.1 Å². The van der Waals surface area contributed by atoms with Crippen LogP contribution >= 0.6 is 0 Å². The molecule has 1 aromatic heterocycles. The third-order valence-electron chi connectivity index (χ3n) is 2.50. The standard InChI is InChI=1S/C10H12N2/c1-6-4-5-9-10(7(6)2)8(3)11-12-9/h4-5H,1-3H3,(H,11,12)/p+1. The Kier molecular flexibility index (Phi) is 1.43. The van der Waals surface area contributed by atoms with Gasteiger partial charge in [0.2, 0.25) is 5.52 Å². The molecule has 0 saturated carbocycles. The lowest BCUT2D eigenvalue weighted by Gasteiger charge is -1.97. The van der Waals surface area contributed by atoms with E-state index in [2.05, 4.69) is 43.1 Å². The van der Waals surface area contributed by atoms with Crippen molar-refractivity contribution in [3.63, 3.8) is 0 Å². The molecule has 2 N–H and O–H groups in total. The number of H-pyrrole nitrogens is 2. The summed E-state index contributed by atoms with van der Waals surface area (Å²) in [4.78, 5) is 0. The first-order valence-corrected chi connectivity index (χ1v) is 4.16. The molecular formula is C10H13N2+. The van der Waals surface area contributed by atoms with E-state index in [1.165, 1.54) is 27.7 Å². The summed E-state index contributed by atoms with van der Waals surface area (Å²) < 4.78 is 0. The zero-order chi connectivity index (χ0) is 8.72. The Morgan fingerprint density at radius 2 is 1.92 bits per heavy atom. The maximum Gasteiger partial charge on any atom is 0.236 e. The molecular weight excluding hydrogens is 148 g/mol. The largest absolute Gasteiger partial charge is 0.236 e. The first kappa shape index (κ1) is 7.35. The topological polar surface area (TPSA) is 29.9 Å². The normalized spacial score (nSPS) is 10.9. The van der Waals surface area contributed by atoms with Gasteiger partial charge < -0.3 is 0 Å². The number of aryl methyl sites for hydroxylation is 3. The molecule has 2 aromatic rings. The summed E-state index contributed by atoms with van der Waals surface area (Å²) in [6, 6.07) is 4.25. The van der Waals surface area contributed by atoms with Crippen LogP contribution in [-0.4, -0.2) is 5.10 Å². The van der Waals surface area contributed by atoms with Gasteiger partial charge in [0.1, 0.15) is 0 Å². The lowest BCUT2D eigenvalue weighted by molar-refractivity contribution is -0.421. The Morgan fingerprint density at radius 1 is 1.17 bits per heavy atom. The molecule has 1 heterocycles. The highest BCUT2D eigenvalue weighted by atomic mass is 15.1. The van der Waals surface area contributed by atoms with Crippen LogP contribution in [0.4, 0.5) is 0 Å². The Morgan fingerprint density at radius 3 is 2.67 bits per heavy atom. The van der Waals surface area contributed by atoms with Crippen molar-refractivity contribution >= 4 is 10.9 Å².